The van der Waals surface area contributed by atoms with Crippen LogP contribution in [0.15, 0.2) is 95.9 Å². The average molecular weight is 902 g/mol. The highest BCUT2D eigenvalue weighted by molar-refractivity contribution is 7.44. The number of hydrogen-bond acceptors (Lipinski definition) is 12. The van der Waals surface area contributed by atoms with Crippen LogP contribution in [0.25, 0.3) is 0 Å². The van der Waals surface area contributed by atoms with Gasteiger partial charge in [0.2, 0.25) is 5.91 Å². The lowest BCUT2D eigenvalue weighted by Crippen LogP contribution is -2.50. The normalized spacial score (nSPS) is 18.7. The van der Waals surface area contributed by atoms with Crippen LogP contribution < -0.4 is 20.5 Å². The van der Waals surface area contributed by atoms with E-state index in [2.05, 4.69) is 82.6 Å². The molecule has 1 amide bonds. The molecule has 3 aromatic carbocycles. The Hall–Kier alpha value is -4.49. The molecule has 1 N–H and O–H groups in total. The number of ether oxygens (including phenoxy) is 4. The van der Waals surface area contributed by atoms with E-state index in [1.54, 1.807) is 26.5 Å². The van der Waals surface area contributed by atoms with Crippen LogP contribution in [-0.4, -0.2) is 86.3 Å². The van der Waals surface area contributed by atoms with Gasteiger partial charge in [-0.25, -0.2) is 9.46 Å². The Labute approximate surface area is 374 Å². The standard InChI is InChI=1S/C47H64N5O9PSi/c1-32(2)52(33(3)4)62(58-30-16-28-48)60-42-40(59-44(43(42)61-63(11,12)46(6,7)8)51-29-27-41(49-34(5)53)50-45(51)54)31-57-47(35-17-14-13-15-18-35,36-19-23-38(55-9)24-20-36)37-21-25-39(56-10)26-22-37/h13-15,17-27,29,32-33,40,42-44H,16,30-31H2,1-12H3,(H,49,50,53,54). The Balaban J connectivity index is 1.74. The number of hydrogen-bond donors (Lipinski definition) is 1. The number of nitrogens with one attached hydrogen (secondary N) is 1. The molecule has 4 aromatic rings. The van der Waals surface area contributed by atoms with Gasteiger partial charge in [-0.3, -0.25) is 9.36 Å². The van der Waals surface area contributed by atoms with Crippen LogP contribution in [0.3, 0.4) is 0 Å². The van der Waals surface area contributed by atoms with Crippen LogP contribution in [0.4, 0.5) is 5.82 Å². The van der Waals surface area contributed by atoms with Crippen molar-refractivity contribution in [2.45, 2.75) is 122 Å². The molecule has 5 rings (SSSR count). The quantitative estimate of drug-likeness (QED) is 0.0389. The van der Waals surface area contributed by atoms with Crippen molar-refractivity contribution >= 4 is 28.6 Å². The van der Waals surface area contributed by atoms with Crippen molar-refractivity contribution in [1.29, 1.82) is 5.26 Å². The van der Waals surface area contributed by atoms with E-state index in [4.69, 9.17) is 32.4 Å². The number of nitriles is 1. The molecule has 2 heterocycles. The summed E-state index contributed by atoms with van der Waals surface area (Å²) in [5, 5.41) is 11.9. The predicted octanol–water partition coefficient (Wildman–Crippen LogP) is 9.18. The van der Waals surface area contributed by atoms with Crippen LogP contribution in [0, 0.1) is 11.3 Å². The average Bonchev–Trinajstić information content (AvgIpc) is 3.55. The van der Waals surface area contributed by atoms with Crippen molar-refractivity contribution in [1.82, 2.24) is 14.2 Å². The maximum atomic E-state index is 14.0. The van der Waals surface area contributed by atoms with Gasteiger partial charge in [0.15, 0.2) is 14.5 Å². The number of benzene rings is 3. The molecule has 1 aromatic heterocycles. The van der Waals surface area contributed by atoms with Crippen LogP contribution in [0.2, 0.25) is 18.1 Å². The van der Waals surface area contributed by atoms with Gasteiger partial charge in [0.1, 0.15) is 41.2 Å². The largest absolute Gasteiger partial charge is 0.497 e. The zero-order valence-corrected chi connectivity index (χ0v) is 40.6. The van der Waals surface area contributed by atoms with E-state index < -0.39 is 52.7 Å². The first-order valence-corrected chi connectivity index (χ1v) is 25.3. The minimum absolute atomic E-state index is 0.00483. The third kappa shape index (κ3) is 11.6. The summed E-state index contributed by atoms with van der Waals surface area (Å²) in [7, 11) is -1.24. The number of aromatic nitrogens is 2. The number of amides is 1. The third-order valence-corrected chi connectivity index (χ3v) is 18.0. The smallest absolute Gasteiger partial charge is 0.351 e. The van der Waals surface area contributed by atoms with E-state index in [1.807, 2.05) is 78.9 Å². The molecule has 0 radical (unpaired) electrons. The van der Waals surface area contributed by atoms with Gasteiger partial charge in [-0.05, 0) is 92.8 Å². The Bertz CT molecular complexity index is 2140. The number of methoxy groups -OCH3 is 2. The fraction of sp³-hybridized carbons (Fsp3) is 0.489. The van der Waals surface area contributed by atoms with Gasteiger partial charge >= 0.3 is 5.69 Å². The lowest BCUT2D eigenvalue weighted by molar-refractivity contribution is -0.114. The molecule has 0 aliphatic carbocycles. The van der Waals surface area contributed by atoms with Crippen molar-refractivity contribution in [2.75, 3.05) is 32.8 Å². The van der Waals surface area contributed by atoms with E-state index in [0.29, 0.717) is 11.5 Å². The van der Waals surface area contributed by atoms with E-state index in [1.165, 1.54) is 11.5 Å². The molecule has 16 heteroatoms. The van der Waals surface area contributed by atoms with E-state index in [9.17, 15) is 14.9 Å². The second-order valence-corrected chi connectivity index (χ2v) is 23.7. The summed E-state index contributed by atoms with van der Waals surface area (Å²) in [6.45, 7) is 20.4. The van der Waals surface area contributed by atoms with Gasteiger partial charge in [-0.15, -0.1) is 0 Å². The van der Waals surface area contributed by atoms with Gasteiger partial charge < -0.3 is 37.7 Å². The molecular weight excluding hydrogens is 838 g/mol. The summed E-state index contributed by atoms with van der Waals surface area (Å²) in [5.74, 6) is 1.12. The van der Waals surface area contributed by atoms with E-state index >= 15 is 0 Å². The summed E-state index contributed by atoms with van der Waals surface area (Å²) in [6.07, 6.45) is -1.94. The highest BCUT2D eigenvalue weighted by atomic mass is 31.2. The number of rotatable bonds is 20. The summed E-state index contributed by atoms with van der Waals surface area (Å²) < 4.78 is 50.3. The molecule has 0 bridgehead atoms. The highest BCUT2D eigenvalue weighted by Gasteiger charge is 2.54. The molecule has 14 nitrogen and oxygen atoms in total. The molecule has 5 unspecified atom stereocenters. The first kappa shape index (κ1) is 49.5. The molecule has 1 saturated heterocycles. The second-order valence-electron chi connectivity index (χ2n) is 17.5. The maximum absolute atomic E-state index is 14.0. The molecule has 1 aliphatic heterocycles. The Kier molecular flexibility index (Phi) is 16.9. The SMILES string of the molecule is COc1ccc(C(OCC2OC(n3ccc(NC(C)=O)nc3=O)C(O[Si](C)(C)C(C)(C)C)C2OP(OCCC#N)N(C(C)C)C(C)C)(c2ccccc2)c2ccc(OC)cc2)cc1. The van der Waals surface area contributed by atoms with Crippen molar-refractivity contribution in [3.8, 4) is 17.6 Å². The zero-order valence-electron chi connectivity index (χ0n) is 38.7. The summed E-state index contributed by atoms with van der Waals surface area (Å²) in [4.78, 5) is 30.2. The number of carbonyl (C=O) groups is 1. The van der Waals surface area contributed by atoms with Crippen molar-refractivity contribution in [3.05, 3.63) is 118 Å². The monoisotopic (exact) mass is 901 g/mol. The fourth-order valence-corrected chi connectivity index (χ4v) is 10.4. The first-order valence-electron chi connectivity index (χ1n) is 21.3. The molecule has 1 aliphatic rings. The summed E-state index contributed by atoms with van der Waals surface area (Å²) >= 11 is 0. The predicted molar refractivity (Wildman–Crippen MR) is 247 cm³/mol. The van der Waals surface area contributed by atoms with Gasteiger partial charge in [0.25, 0.3) is 8.53 Å². The molecule has 340 valence electrons. The van der Waals surface area contributed by atoms with Crippen LogP contribution in [0.5, 0.6) is 11.5 Å². The van der Waals surface area contributed by atoms with Gasteiger partial charge in [0.05, 0.1) is 39.9 Å². The number of anilines is 1. The maximum Gasteiger partial charge on any atom is 0.351 e. The van der Waals surface area contributed by atoms with E-state index in [-0.39, 0.29) is 48.5 Å². The molecule has 5 atom stereocenters. The van der Waals surface area contributed by atoms with Crippen molar-refractivity contribution < 1.29 is 37.2 Å². The van der Waals surface area contributed by atoms with E-state index in [0.717, 1.165) is 16.7 Å². The van der Waals surface area contributed by atoms with Crippen molar-refractivity contribution in [2.24, 2.45) is 0 Å². The fourth-order valence-electron chi connectivity index (χ4n) is 7.37. The van der Waals surface area contributed by atoms with Crippen molar-refractivity contribution in [3.63, 3.8) is 0 Å². The molecular formula is C47H64N5O9PSi. The summed E-state index contributed by atoms with van der Waals surface area (Å²) in [5.41, 5.74) is 0.633. The lowest BCUT2D eigenvalue weighted by Gasteiger charge is -2.42. The Morgan fingerprint density at radius 1 is 0.905 bits per heavy atom. The van der Waals surface area contributed by atoms with Crippen LogP contribution in [-0.2, 0) is 33.3 Å². The molecule has 63 heavy (non-hydrogen) atoms. The third-order valence-electron chi connectivity index (χ3n) is 11.4. The number of carbonyl (C=O) groups excluding carboxylic acids is 1. The Morgan fingerprint density at radius 2 is 1.46 bits per heavy atom. The summed E-state index contributed by atoms with van der Waals surface area (Å²) in [6, 6.07) is 29.2. The van der Waals surface area contributed by atoms with Crippen LogP contribution >= 0.6 is 8.53 Å². The highest BCUT2D eigenvalue weighted by Crippen LogP contribution is 2.52. The lowest BCUT2D eigenvalue weighted by atomic mass is 9.80. The molecule has 0 saturated carbocycles. The van der Waals surface area contributed by atoms with Crippen LogP contribution in [0.1, 0.15) is 84.7 Å². The van der Waals surface area contributed by atoms with Gasteiger partial charge in [0, 0.05) is 25.2 Å². The minimum Gasteiger partial charge on any atom is -0.497 e. The Morgan fingerprint density at radius 3 is 1.94 bits per heavy atom. The van der Waals surface area contributed by atoms with Gasteiger partial charge in [-0.2, -0.15) is 10.2 Å². The minimum atomic E-state index is -2.66. The molecule has 1 fully saturated rings. The van der Waals surface area contributed by atoms with Gasteiger partial charge in [-0.1, -0.05) is 75.4 Å². The topological polar surface area (TPSA) is 156 Å². The zero-order chi connectivity index (χ0) is 46.1. The molecule has 0 spiro atoms. The second kappa shape index (κ2) is 21.5. The number of nitrogens with zero attached hydrogens (tertiary/aromatic N) is 4. The first-order chi connectivity index (χ1) is 29.9.